The lowest BCUT2D eigenvalue weighted by Gasteiger charge is -2.25. The lowest BCUT2D eigenvalue weighted by Crippen LogP contribution is -2.41. The fraction of sp³-hybridized carbons (Fsp3) is 0.615. The van der Waals surface area contributed by atoms with Gasteiger partial charge in [-0.05, 0) is 32.9 Å². The van der Waals surface area contributed by atoms with E-state index in [1.54, 1.807) is 20.8 Å². The summed E-state index contributed by atoms with van der Waals surface area (Å²) in [5.41, 5.74) is -0.646. The summed E-state index contributed by atoms with van der Waals surface area (Å²) in [5.74, 6) is 0.461. The number of carbonyl (C=O) groups excluding carboxylic acids is 1. The van der Waals surface area contributed by atoms with Crippen molar-refractivity contribution in [2.45, 2.75) is 31.4 Å². The molecule has 0 atom stereocenters. The van der Waals surface area contributed by atoms with Gasteiger partial charge in [-0.2, -0.15) is 0 Å². The zero-order chi connectivity index (χ0) is 16.5. The highest BCUT2D eigenvalue weighted by Crippen LogP contribution is 2.18. The lowest BCUT2D eigenvalue weighted by atomic mass is 10.1. The molecule has 9 heteroatoms. The Kier molecular flexibility index (Phi) is 4.78. The maximum atomic E-state index is 12.2. The smallest absolute Gasteiger partial charge is 0.289 e. The molecule has 1 aromatic heterocycles. The van der Waals surface area contributed by atoms with Crippen molar-refractivity contribution < 1.29 is 21.8 Å². The van der Waals surface area contributed by atoms with Crippen LogP contribution in [0.25, 0.3) is 0 Å². The van der Waals surface area contributed by atoms with Crippen LogP contribution in [0.15, 0.2) is 21.6 Å². The SMILES string of the molecule is CC(C)(C)NS(=O)(=O)c1ccc(C(=O)N2CCS(=O)CC2)o1. The van der Waals surface area contributed by atoms with Gasteiger partial charge in [-0.1, -0.05) is 0 Å². The molecule has 1 N–H and O–H groups in total. The molecular formula is C13H20N2O5S2. The average molecular weight is 348 g/mol. The van der Waals surface area contributed by atoms with E-state index >= 15 is 0 Å². The minimum absolute atomic E-state index is 0.0260. The van der Waals surface area contributed by atoms with E-state index in [1.807, 2.05) is 0 Å². The summed E-state index contributed by atoms with van der Waals surface area (Å²) >= 11 is 0. The highest BCUT2D eigenvalue weighted by atomic mass is 32.2. The van der Waals surface area contributed by atoms with Gasteiger partial charge in [0.1, 0.15) is 0 Å². The normalized spacial score (nSPS) is 17.7. The molecule has 124 valence electrons. The predicted molar refractivity (Wildman–Crippen MR) is 82.6 cm³/mol. The maximum absolute atomic E-state index is 12.2. The summed E-state index contributed by atoms with van der Waals surface area (Å²) in [6.07, 6.45) is 0. The Balaban J connectivity index is 2.14. The Morgan fingerprint density at radius 2 is 1.86 bits per heavy atom. The Hall–Kier alpha value is -1.19. The average Bonchev–Trinajstić information content (AvgIpc) is 2.86. The molecule has 0 bridgehead atoms. The second kappa shape index (κ2) is 6.13. The second-order valence-corrected chi connectivity index (χ2v) is 9.42. The van der Waals surface area contributed by atoms with E-state index in [2.05, 4.69) is 4.72 Å². The Bertz CT molecular complexity index is 678. The fourth-order valence-corrected chi connectivity index (χ4v) is 4.44. The van der Waals surface area contributed by atoms with Crippen molar-refractivity contribution in [2.24, 2.45) is 0 Å². The number of nitrogens with zero attached hydrogens (tertiary/aromatic N) is 1. The molecule has 0 radical (unpaired) electrons. The van der Waals surface area contributed by atoms with Crippen molar-refractivity contribution in [1.29, 1.82) is 0 Å². The van der Waals surface area contributed by atoms with Crippen LogP contribution in [-0.2, 0) is 20.8 Å². The lowest BCUT2D eigenvalue weighted by molar-refractivity contribution is 0.0733. The van der Waals surface area contributed by atoms with E-state index in [4.69, 9.17) is 4.42 Å². The van der Waals surface area contributed by atoms with Crippen LogP contribution in [0.1, 0.15) is 31.3 Å². The molecule has 1 aliphatic rings. The van der Waals surface area contributed by atoms with Gasteiger partial charge in [-0.25, -0.2) is 13.1 Å². The van der Waals surface area contributed by atoms with Crippen LogP contribution >= 0.6 is 0 Å². The molecule has 0 unspecified atom stereocenters. The number of hydrogen-bond acceptors (Lipinski definition) is 5. The molecule has 1 amide bonds. The Morgan fingerprint density at radius 1 is 1.27 bits per heavy atom. The van der Waals surface area contributed by atoms with Gasteiger partial charge < -0.3 is 9.32 Å². The van der Waals surface area contributed by atoms with E-state index in [1.165, 1.54) is 17.0 Å². The first-order valence-corrected chi connectivity index (χ1v) is 9.84. The number of rotatable bonds is 3. The van der Waals surface area contributed by atoms with Crippen LogP contribution in [0.3, 0.4) is 0 Å². The molecule has 1 fully saturated rings. The summed E-state index contributed by atoms with van der Waals surface area (Å²) in [6, 6.07) is 2.62. The van der Waals surface area contributed by atoms with Gasteiger partial charge in [0.05, 0.1) is 0 Å². The van der Waals surface area contributed by atoms with E-state index in [9.17, 15) is 17.4 Å². The van der Waals surface area contributed by atoms with Crippen LogP contribution in [0.5, 0.6) is 0 Å². The van der Waals surface area contributed by atoms with Gasteiger partial charge in [0, 0.05) is 40.9 Å². The monoisotopic (exact) mass is 348 g/mol. The van der Waals surface area contributed by atoms with Crippen molar-refractivity contribution >= 4 is 26.7 Å². The minimum Gasteiger partial charge on any atom is -0.438 e. The van der Waals surface area contributed by atoms with Crippen molar-refractivity contribution in [3.05, 3.63) is 17.9 Å². The Morgan fingerprint density at radius 3 is 2.41 bits per heavy atom. The summed E-state index contributed by atoms with van der Waals surface area (Å²) in [7, 11) is -4.69. The quantitative estimate of drug-likeness (QED) is 0.861. The molecule has 0 saturated carbocycles. The largest absolute Gasteiger partial charge is 0.438 e. The third-order valence-corrected chi connectivity index (χ3v) is 5.87. The predicted octanol–water partition coefficient (Wildman–Crippen LogP) is 0.561. The molecule has 2 rings (SSSR count). The van der Waals surface area contributed by atoms with Gasteiger partial charge in [-0.15, -0.1) is 0 Å². The molecule has 1 saturated heterocycles. The van der Waals surface area contributed by atoms with Crippen molar-refractivity contribution in [3.63, 3.8) is 0 Å². The molecule has 0 aliphatic carbocycles. The molecule has 1 aromatic rings. The first kappa shape index (κ1) is 17.2. The third-order valence-electron chi connectivity index (χ3n) is 2.96. The summed E-state index contributed by atoms with van der Waals surface area (Å²) < 4.78 is 43.2. The van der Waals surface area contributed by atoms with Crippen LogP contribution < -0.4 is 4.72 Å². The number of furan rings is 1. The first-order chi connectivity index (χ1) is 10.1. The summed E-state index contributed by atoms with van der Waals surface area (Å²) in [4.78, 5) is 13.8. The van der Waals surface area contributed by atoms with Gasteiger partial charge in [0.2, 0.25) is 5.09 Å². The fourth-order valence-electron chi connectivity index (χ4n) is 2.03. The van der Waals surface area contributed by atoms with Gasteiger partial charge in [-0.3, -0.25) is 9.00 Å². The van der Waals surface area contributed by atoms with Crippen molar-refractivity contribution in [1.82, 2.24) is 9.62 Å². The van der Waals surface area contributed by atoms with Crippen LogP contribution in [0, 0.1) is 0 Å². The van der Waals surface area contributed by atoms with Crippen molar-refractivity contribution in [2.75, 3.05) is 24.6 Å². The van der Waals surface area contributed by atoms with E-state index < -0.39 is 26.4 Å². The zero-order valence-corrected chi connectivity index (χ0v) is 14.4. The van der Waals surface area contributed by atoms with Crippen LogP contribution in [0.2, 0.25) is 0 Å². The number of carbonyl (C=O) groups is 1. The van der Waals surface area contributed by atoms with E-state index in [0.717, 1.165) is 0 Å². The first-order valence-electron chi connectivity index (χ1n) is 6.86. The molecule has 0 aromatic carbocycles. The van der Waals surface area contributed by atoms with E-state index in [-0.39, 0.29) is 16.8 Å². The highest BCUT2D eigenvalue weighted by molar-refractivity contribution is 7.89. The molecule has 7 nitrogen and oxygen atoms in total. The molecule has 1 aliphatic heterocycles. The molecule has 2 heterocycles. The number of nitrogens with one attached hydrogen (secondary N) is 1. The van der Waals surface area contributed by atoms with Crippen molar-refractivity contribution in [3.8, 4) is 0 Å². The summed E-state index contributed by atoms with van der Waals surface area (Å²) in [5, 5.41) is -0.286. The van der Waals surface area contributed by atoms with Crippen LogP contribution in [-0.4, -0.2) is 53.6 Å². The van der Waals surface area contributed by atoms with Gasteiger partial charge >= 0.3 is 0 Å². The Labute approximate surface area is 132 Å². The van der Waals surface area contributed by atoms with Gasteiger partial charge in [0.25, 0.3) is 15.9 Å². The third kappa shape index (κ3) is 4.17. The molecular weight excluding hydrogens is 328 g/mol. The second-order valence-electron chi connectivity index (χ2n) is 6.11. The topological polar surface area (TPSA) is 96.7 Å². The number of hydrogen-bond donors (Lipinski definition) is 1. The zero-order valence-electron chi connectivity index (χ0n) is 12.8. The molecule has 22 heavy (non-hydrogen) atoms. The number of amides is 1. The molecule has 0 spiro atoms. The highest BCUT2D eigenvalue weighted by Gasteiger charge is 2.28. The maximum Gasteiger partial charge on any atom is 0.289 e. The number of sulfonamides is 1. The minimum atomic E-state index is -3.81. The standard InChI is InChI=1S/C13H20N2O5S2/c1-13(2,3)14-22(18,19)11-5-4-10(20-11)12(16)15-6-8-21(17)9-7-15/h4-5,14H,6-9H2,1-3H3. The van der Waals surface area contributed by atoms with E-state index in [0.29, 0.717) is 24.6 Å². The van der Waals surface area contributed by atoms with Gasteiger partial charge in [0.15, 0.2) is 5.76 Å². The van der Waals surface area contributed by atoms with Crippen LogP contribution in [0.4, 0.5) is 0 Å². The summed E-state index contributed by atoms with van der Waals surface area (Å²) in [6.45, 7) is 5.91.